The Morgan fingerprint density at radius 1 is 1.17 bits per heavy atom. The number of nitrogens with zero attached hydrogens (tertiary/aromatic N) is 2. The summed E-state index contributed by atoms with van der Waals surface area (Å²) in [4.78, 5) is 33.7. The van der Waals surface area contributed by atoms with Gasteiger partial charge in [-0.05, 0) is 83.3 Å². The van der Waals surface area contributed by atoms with Gasteiger partial charge in [-0.1, -0.05) is 24.3 Å². The van der Waals surface area contributed by atoms with E-state index in [1.54, 1.807) is 31.5 Å². The van der Waals surface area contributed by atoms with Crippen molar-refractivity contribution in [2.24, 2.45) is 17.8 Å². The number of rotatable bonds is 11. The second kappa shape index (κ2) is 12.9. The number of aromatic hydroxyl groups is 1. The molecule has 214 valence electrons. The van der Waals surface area contributed by atoms with Crippen LogP contribution in [0.2, 0.25) is 0 Å². The maximum absolute atomic E-state index is 13.6. The molecule has 1 saturated heterocycles. The molecule has 2 aromatic heterocycles. The van der Waals surface area contributed by atoms with Crippen LogP contribution in [0.4, 0.5) is 0 Å². The lowest BCUT2D eigenvalue weighted by Gasteiger charge is -2.36. The number of ether oxygens (including phenoxy) is 1. The predicted octanol–water partition coefficient (Wildman–Crippen LogP) is 4.29. The van der Waals surface area contributed by atoms with Crippen LogP contribution >= 0.6 is 11.3 Å². The maximum Gasteiger partial charge on any atom is 0.234 e. The highest BCUT2D eigenvalue weighted by atomic mass is 32.1. The number of phenols is 1. The number of likely N-dealkylation sites (tertiary alicyclic amines) is 1. The molecule has 41 heavy (non-hydrogen) atoms. The van der Waals surface area contributed by atoms with Gasteiger partial charge in [0.1, 0.15) is 5.75 Å². The van der Waals surface area contributed by atoms with Crippen molar-refractivity contribution in [2.45, 2.75) is 31.9 Å². The molecule has 0 bridgehead atoms. The standard InChI is InChI=1S/C32H34N2O6S/c1-40-19-22-16-25-30(32(39)34(31(25)38)17-24-8-5-13-41-24)26(18-35)29(22)28(37)11-10-21(27-9-2-3-12-33-27)14-20-6-4-7-23(36)15-20/h2-9,12-15,25-26,28,30,35-37H,10-11,16-19H2,1H3/b21-14-/t25-,26+,28-,30-/m1/s1. The van der Waals surface area contributed by atoms with Crippen LogP contribution < -0.4 is 0 Å². The Kier molecular flexibility index (Phi) is 9.09. The fourth-order valence-electron chi connectivity index (χ4n) is 6.14. The van der Waals surface area contributed by atoms with Gasteiger partial charge in [0, 0.05) is 24.1 Å². The molecule has 0 saturated carbocycles. The molecule has 0 spiro atoms. The van der Waals surface area contributed by atoms with E-state index in [1.165, 1.54) is 16.2 Å². The number of thiophene rings is 1. The number of phenolic OH excluding ortho intramolecular Hbond substituents is 1. The molecule has 4 atom stereocenters. The van der Waals surface area contributed by atoms with Crippen molar-refractivity contribution in [1.82, 2.24) is 9.88 Å². The number of allylic oxidation sites excluding steroid dienone is 1. The first-order valence-electron chi connectivity index (χ1n) is 13.7. The average Bonchev–Trinajstić information content (AvgIpc) is 3.58. The van der Waals surface area contributed by atoms with Crippen molar-refractivity contribution in [2.75, 3.05) is 20.3 Å². The molecule has 1 aliphatic carbocycles. The van der Waals surface area contributed by atoms with Gasteiger partial charge in [0.25, 0.3) is 0 Å². The largest absolute Gasteiger partial charge is 0.508 e. The molecule has 5 rings (SSSR count). The SMILES string of the molecule is COCC1=C([C@H](O)CC/C(=C/c2cccc(O)c2)c2ccccn2)[C@H](CO)[C@@H]2C(=O)N(Cc3cccs3)C(=O)[C@@H]2C1. The minimum Gasteiger partial charge on any atom is -0.508 e. The zero-order chi connectivity index (χ0) is 28.9. The highest BCUT2D eigenvalue weighted by Crippen LogP contribution is 2.47. The number of aliphatic hydroxyl groups is 2. The number of hydrogen-bond donors (Lipinski definition) is 3. The van der Waals surface area contributed by atoms with Crippen molar-refractivity contribution < 1.29 is 29.6 Å². The van der Waals surface area contributed by atoms with Gasteiger partial charge in [-0.3, -0.25) is 19.5 Å². The Bertz CT molecular complexity index is 1440. The molecule has 2 amide bonds. The Morgan fingerprint density at radius 3 is 2.71 bits per heavy atom. The summed E-state index contributed by atoms with van der Waals surface area (Å²) >= 11 is 1.49. The van der Waals surface area contributed by atoms with Crippen LogP contribution in [0.5, 0.6) is 5.75 Å². The summed E-state index contributed by atoms with van der Waals surface area (Å²) < 4.78 is 5.46. The quantitative estimate of drug-likeness (QED) is 0.231. The molecule has 2 aliphatic rings. The van der Waals surface area contributed by atoms with E-state index in [9.17, 15) is 24.9 Å². The minimum absolute atomic E-state index is 0.153. The second-order valence-corrected chi connectivity index (χ2v) is 11.5. The van der Waals surface area contributed by atoms with Crippen LogP contribution in [-0.2, 0) is 20.9 Å². The van der Waals surface area contributed by atoms with E-state index in [2.05, 4.69) is 4.98 Å². The molecule has 1 aromatic carbocycles. The zero-order valence-electron chi connectivity index (χ0n) is 22.8. The van der Waals surface area contributed by atoms with Crippen LogP contribution in [0, 0.1) is 17.8 Å². The predicted molar refractivity (Wildman–Crippen MR) is 156 cm³/mol. The highest BCUT2D eigenvalue weighted by molar-refractivity contribution is 7.09. The van der Waals surface area contributed by atoms with E-state index >= 15 is 0 Å². The van der Waals surface area contributed by atoms with Crippen LogP contribution in [0.25, 0.3) is 11.6 Å². The van der Waals surface area contributed by atoms with Crippen LogP contribution in [0.1, 0.15) is 35.4 Å². The number of methoxy groups -OCH3 is 1. The van der Waals surface area contributed by atoms with E-state index in [0.717, 1.165) is 27.3 Å². The van der Waals surface area contributed by atoms with Crippen LogP contribution in [0.3, 0.4) is 0 Å². The summed E-state index contributed by atoms with van der Waals surface area (Å²) in [5, 5.41) is 34.0. The maximum atomic E-state index is 13.6. The number of carbonyl (C=O) groups is 2. The van der Waals surface area contributed by atoms with Crippen molar-refractivity contribution >= 4 is 34.8 Å². The lowest BCUT2D eigenvalue weighted by atomic mass is 9.68. The summed E-state index contributed by atoms with van der Waals surface area (Å²) in [6.45, 7) is 0.0505. The summed E-state index contributed by atoms with van der Waals surface area (Å²) in [6.07, 6.45) is 3.72. The molecular weight excluding hydrogens is 540 g/mol. The molecule has 0 unspecified atom stereocenters. The number of fused-ring (bicyclic) bond motifs is 1. The molecule has 9 heteroatoms. The summed E-state index contributed by atoms with van der Waals surface area (Å²) in [7, 11) is 1.55. The smallest absolute Gasteiger partial charge is 0.234 e. The van der Waals surface area contributed by atoms with E-state index in [1.807, 2.05) is 47.9 Å². The van der Waals surface area contributed by atoms with Crippen molar-refractivity contribution in [3.05, 3.63) is 93.5 Å². The van der Waals surface area contributed by atoms with E-state index in [-0.39, 0.29) is 37.3 Å². The molecule has 1 aliphatic heterocycles. The van der Waals surface area contributed by atoms with Crippen molar-refractivity contribution in [3.63, 3.8) is 0 Å². The number of pyridine rings is 1. The van der Waals surface area contributed by atoms with Gasteiger partial charge in [-0.2, -0.15) is 0 Å². The molecule has 1 fully saturated rings. The van der Waals surface area contributed by atoms with Crippen LogP contribution in [-0.4, -0.2) is 63.4 Å². The molecule has 3 aromatic rings. The monoisotopic (exact) mass is 574 g/mol. The van der Waals surface area contributed by atoms with Gasteiger partial charge >= 0.3 is 0 Å². The number of aromatic nitrogens is 1. The first kappa shape index (κ1) is 28.9. The van der Waals surface area contributed by atoms with Crippen molar-refractivity contribution in [1.29, 1.82) is 0 Å². The summed E-state index contributed by atoms with van der Waals surface area (Å²) in [6, 6.07) is 16.3. The lowest BCUT2D eigenvalue weighted by Crippen LogP contribution is -2.39. The third kappa shape index (κ3) is 6.18. The molecule has 3 N–H and O–H groups in total. The third-order valence-corrected chi connectivity index (χ3v) is 8.80. The number of amides is 2. The van der Waals surface area contributed by atoms with E-state index in [4.69, 9.17) is 4.74 Å². The Labute approximate surface area is 243 Å². The number of hydrogen-bond acceptors (Lipinski definition) is 8. The van der Waals surface area contributed by atoms with Gasteiger partial charge in [-0.25, -0.2) is 0 Å². The van der Waals surface area contributed by atoms with Crippen LogP contribution in [0.15, 0.2) is 77.3 Å². The fraction of sp³-hybridized carbons (Fsp3) is 0.344. The Hall–Kier alpha value is -3.63. The normalized spacial score (nSPS) is 21.9. The van der Waals surface area contributed by atoms with E-state index < -0.39 is 23.9 Å². The summed E-state index contributed by atoms with van der Waals surface area (Å²) in [5.74, 6) is -2.38. The van der Waals surface area contributed by atoms with Gasteiger partial charge < -0.3 is 20.1 Å². The second-order valence-electron chi connectivity index (χ2n) is 10.5. The minimum atomic E-state index is -0.969. The Balaban J connectivity index is 1.42. The number of benzene rings is 1. The summed E-state index contributed by atoms with van der Waals surface area (Å²) in [5.41, 5.74) is 3.77. The van der Waals surface area contributed by atoms with Crippen molar-refractivity contribution in [3.8, 4) is 5.75 Å². The number of carbonyl (C=O) groups excluding carboxylic acids is 2. The number of aliphatic hydroxyl groups excluding tert-OH is 2. The lowest BCUT2D eigenvalue weighted by molar-refractivity contribution is -0.140. The topological polar surface area (TPSA) is 120 Å². The fourth-order valence-corrected chi connectivity index (χ4v) is 6.83. The highest BCUT2D eigenvalue weighted by Gasteiger charge is 2.54. The van der Waals surface area contributed by atoms with E-state index in [0.29, 0.717) is 24.8 Å². The molecule has 0 radical (unpaired) electrons. The first-order valence-corrected chi connectivity index (χ1v) is 14.6. The Morgan fingerprint density at radius 2 is 2.02 bits per heavy atom. The first-order chi connectivity index (χ1) is 19.9. The number of imide groups is 1. The van der Waals surface area contributed by atoms with Gasteiger partial charge in [0.15, 0.2) is 0 Å². The van der Waals surface area contributed by atoms with Gasteiger partial charge in [0.2, 0.25) is 11.8 Å². The average molecular weight is 575 g/mol. The molecule has 3 heterocycles. The molecule has 8 nitrogen and oxygen atoms in total. The third-order valence-electron chi connectivity index (χ3n) is 7.94. The molecular formula is C32H34N2O6S. The van der Waals surface area contributed by atoms with Gasteiger partial charge in [-0.15, -0.1) is 11.3 Å². The zero-order valence-corrected chi connectivity index (χ0v) is 23.7. The van der Waals surface area contributed by atoms with Gasteiger partial charge in [0.05, 0.1) is 43.4 Å².